The predicted octanol–water partition coefficient (Wildman–Crippen LogP) is 3.47. The SMILES string of the molecule is O=C(/C=C/CC1CCCCC1)NC(=O)c1ccccc1. The van der Waals surface area contributed by atoms with Crippen molar-refractivity contribution in [2.24, 2.45) is 5.92 Å². The summed E-state index contributed by atoms with van der Waals surface area (Å²) in [7, 11) is 0. The Hall–Kier alpha value is -1.90. The number of imide groups is 1. The highest BCUT2D eigenvalue weighted by molar-refractivity contribution is 6.07. The van der Waals surface area contributed by atoms with Gasteiger partial charge >= 0.3 is 0 Å². The van der Waals surface area contributed by atoms with Crippen LogP contribution in [-0.2, 0) is 4.79 Å². The number of rotatable bonds is 4. The van der Waals surface area contributed by atoms with E-state index in [0.29, 0.717) is 11.5 Å². The van der Waals surface area contributed by atoms with Crippen LogP contribution in [0.4, 0.5) is 0 Å². The molecule has 1 N–H and O–H groups in total. The van der Waals surface area contributed by atoms with Crippen molar-refractivity contribution in [3.63, 3.8) is 0 Å². The largest absolute Gasteiger partial charge is 0.289 e. The van der Waals surface area contributed by atoms with E-state index in [4.69, 9.17) is 0 Å². The molecule has 2 rings (SSSR count). The molecule has 0 bridgehead atoms. The monoisotopic (exact) mass is 271 g/mol. The zero-order valence-electron chi connectivity index (χ0n) is 11.7. The zero-order valence-corrected chi connectivity index (χ0v) is 11.7. The standard InChI is InChI=1S/C17H21NO2/c19-16(13-7-10-14-8-3-1-4-9-14)18-17(20)15-11-5-2-6-12-15/h2,5-7,11-14H,1,3-4,8-10H2,(H,18,19,20)/b13-7+. The number of carbonyl (C=O) groups excluding carboxylic acids is 2. The number of hydrogen-bond donors (Lipinski definition) is 1. The number of allylic oxidation sites excluding steroid dienone is 1. The van der Waals surface area contributed by atoms with Gasteiger partial charge in [-0.3, -0.25) is 14.9 Å². The summed E-state index contributed by atoms with van der Waals surface area (Å²) in [6.45, 7) is 0. The van der Waals surface area contributed by atoms with Crippen molar-refractivity contribution in [3.8, 4) is 0 Å². The van der Waals surface area contributed by atoms with E-state index in [1.54, 1.807) is 24.3 Å². The first-order valence-corrected chi connectivity index (χ1v) is 7.32. The first kappa shape index (κ1) is 14.5. The Balaban J connectivity index is 1.75. The number of benzene rings is 1. The fraction of sp³-hybridized carbons (Fsp3) is 0.412. The van der Waals surface area contributed by atoms with Crippen LogP contribution >= 0.6 is 0 Å². The van der Waals surface area contributed by atoms with Crippen molar-refractivity contribution < 1.29 is 9.59 Å². The van der Waals surface area contributed by atoms with Crippen LogP contribution in [-0.4, -0.2) is 11.8 Å². The maximum atomic E-state index is 11.8. The second-order valence-corrected chi connectivity index (χ2v) is 5.33. The molecule has 20 heavy (non-hydrogen) atoms. The van der Waals surface area contributed by atoms with Crippen molar-refractivity contribution >= 4 is 11.8 Å². The topological polar surface area (TPSA) is 46.2 Å². The van der Waals surface area contributed by atoms with Gasteiger partial charge in [-0.1, -0.05) is 56.4 Å². The molecular formula is C17H21NO2. The summed E-state index contributed by atoms with van der Waals surface area (Å²) in [4.78, 5) is 23.4. The lowest BCUT2D eigenvalue weighted by Gasteiger charge is -2.19. The van der Waals surface area contributed by atoms with Gasteiger partial charge in [-0.05, 0) is 30.5 Å². The highest BCUT2D eigenvalue weighted by Crippen LogP contribution is 2.26. The summed E-state index contributed by atoms with van der Waals surface area (Å²) in [5.74, 6) is 0.0187. The molecule has 0 aromatic heterocycles. The average Bonchev–Trinajstić information content (AvgIpc) is 2.49. The molecule has 3 heteroatoms. The fourth-order valence-electron chi connectivity index (χ4n) is 2.61. The molecule has 0 atom stereocenters. The third-order valence-corrected chi connectivity index (χ3v) is 3.74. The summed E-state index contributed by atoms with van der Waals surface area (Å²) < 4.78 is 0. The molecule has 3 nitrogen and oxygen atoms in total. The molecule has 2 amide bonds. The minimum atomic E-state index is -0.349. The summed E-state index contributed by atoms with van der Waals surface area (Å²) in [5, 5.41) is 2.37. The molecule has 1 aromatic rings. The maximum absolute atomic E-state index is 11.8. The van der Waals surface area contributed by atoms with Gasteiger partial charge in [0.1, 0.15) is 0 Å². The van der Waals surface area contributed by atoms with E-state index >= 15 is 0 Å². The van der Waals surface area contributed by atoms with Crippen molar-refractivity contribution in [1.82, 2.24) is 5.32 Å². The Morgan fingerprint density at radius 2 is 1.80 bits per heavy atom. The van der Waals surface area contributed by atoms with Crippen molar-refractivity contribution in [3.05, 3.63) is 48.0 Å². The molecule has 1 aromatic carbocycles. The molecule has 106 valence electrons. The van der Waals surface area contributed by atoms with E-state index in [1.165, 1.54) is 38.2 Å². The van der Waals surface area contributed by atoms with E-state index in [1.807, 2.05) is 12.1 Å². The van der Waals surface area contributed by atoms with Gasteiger partial charge in [-0.15, -0.1) is 0 Å². The van der Waals surface area contributed by atoms with Crippen LogP contribution in [0.5, 0.6) is 0 Å². The molecule has 1 fully saturated rings. The van der Waals surface area contributed by atoms with Crippen LogP contribution in [0.1, 0.15) is 48.9 Å². The molecule has 1 aliphatic carbocycles. The number of amides is 2. The molecule has 0 radical (unpaired) electrons. The Labute approximate surface area is 120 Å². The van der Waals surface area contributed by atoms with Gasteiger partial charge in [0.25, 0.3) is 5.91 Å². The molecule has 0 saturated heterocycles. The van der Waals surface area contributed by atoms with Gasteiger partial charge in [0.05, 0.1) is 0 Å². The normalized spacial score (nSPS) is 16.2. The summed E-state index contributed by atoms with van der Waals surface area (Å²) >= 11 is 0. The van der Waals surface area contributed by atoms with E-state index in [9.17, 15) is 9.59 Å². The summed E-state index contributed by atoms with van der Waals surface area (Å²) in [6, 6.07) is 8.77. The van der Waals surface area contributed by atoms with Gasteiger partial charge in [0, 0.05) is 5.56 Å². The van der Waals surface area contributed by atoms with Gasteiger partial charge < -0.3 is 0 Å². The minimum Gasteiger partial charge on any atom is -0.289 e. The van der Waals surface area contributed by atoms with Crippen molar-refractivity contribution in [2.75, 3.05) is 0 Å². The Bertz CT molecular complexity index is 473. The number of carbonyl (C=O) groups is 2. The first-order chi connectivity index (χ1) is 9.75. The quantitative estimate of drug-likeness (QED) is 0.852. The number of nitrogens with one attached hydrogen (secondary N) is 1. The number of hydrogen-bond acceptors (Lipinski definition) is 2. The van der Waals surface area contributed by atoms with Gasteiger partial charge in [0.15, 0.2) is 0 Å². The maximum Gasteiger partial charge on any atom is 0.258 e. The van der Waals surface area contributed by atoms with Crippen LogP contribution in [0.2, 0.25) is 0 Å². The Morgan fingerprint density at radius 3 is 2.50 bits per heavy atom. The smallest absolute Gasteiger partial charge is 0.258 e. The zero-order chi connectivity index (χ0) is 14.2. The van der Waals surface area contributed by atoms with Crippen LogP contribution in [0, 0.1) is 5.92 Å². The lowest BCUT2D eigenvalue weighted by molar-refractivity contribution is -0.115. The summed E-state index contributed by atoms with van der Waals surface area (Å²) in [5.41, 5.74) is 0.501. The lowest BCUT2D eigenvalue weighted by atomic mass is 9.87. The van der Waals surface area contributed by atoms with Crippen molar-refractivity contribution in [2.45, 2.75) is 38.5 Å². The molecular weight excluding hydrogens is 250 g/mol. The summed E-state index contributed by atoms with van der Waals surface area (Å²) in [6.07, 6.45) is 10.8. The van der Waals surface area contributed by atoms with Crippen LogP contribution in [0.25, 0.3) is 0 Å². The first-order valence-electron chi connectivity index (χ1n) is 7.32. The lowest BCUT2D eigenvalue weighted by Crippen LogP contribution is -2.28. The average molecular weight is 271 g/mol. The van der Waals surface area contributed by atoms with Gasteiger partial charge in [0.2, 0.25) is 5.91 Å². The molecule has 0 aliphatic heterocycles. The van der Waals surface area contributed by atoms with E-state index in [2.05, 4.69) is 5.32 Å². The Kier molecular flexibility index (Phi) is 5.54. The van der Waals surface area contributed by atoms with Crippen LogP contribution in [0.15, 0.2) is 42.5 Å². The minimum absolute atomic E-state index is 0.338. The third kappa shape index (κ3) is 4.65. The highest BCUT2D eigenvalue weighted by Gasteiger charge is 2.12. The molecule has 1 aliphatic rings. The van der Waals surface area contributed by atoms with E-state index in [0.717, 1.165) is 6.42 Å². The van der Waals surface area contributed by atoms with E-state index in [-0.39, 0.29) is 11.8 Å². The molecule has 0 spiro atoms. The van der Waals surface area contributed by atoms with Gasteiger partial charge in [-0.25, -0.2) is 0 Å². The van der Waals surface area contributed by atoms with Gasteiger partial charge in [-0.2, -0.15) is 0 Å². The predicted molar refractivity (Wildman–Crippen MR) is 79.2 cm³/mol. The van der Waals surface area contributed by atoms with E-state index < -0.39 is 0 Å². The molecule has 0 unspecified atom stereocenters. The highest BCUT2D eigenvalue weighted by atomic mass is 16.2. The second kappa shape index (κ2) is 7.63. The third-order valence-electron chi connectivity index (χ3n) is 3.74. The molecule has 0 heterocycles. The Morgan fingerprint density at radius 1 is 1.10 bits per heavy atom. The fourth-order valence-corrected chi connectivity index (χ4v) is 2.61. The molecule has 1 saturated carbocycles. The van der Waals surface area contributed by atoms with Crippen molar-refractivity contribution in [1.29, 1.82) is 0 Å². The van der Waals surface area contributed by atoms with Crippen LogP contribution < -0.4 is 5.32 Å². The van der Waals surface area contributed by atoms with Crippen LogP contribution in [0.3, 0.4) is 0 Å². The second-order valence-electron chi connectivity index (χ2n) is 5.33.